The summed E-state index contributed by atoms with van der Waals surface area (Å²) in [4.78, 5) is 12.0. The Morgan fingerprint density at radius 3 is 2.48 bits per heavy atom. The van der Waals surface area contributed by atoms with Crippen molar-refractivity contribution >= 4 is 27.8 Å². The zero-order valence-corrected chi connectivity index (χ0v) is 12.8. The Balaban J connectivity index is 2.24. The number of methoxy groups -OCH3 is 1. The Morgan fingerprint density at radius 2 is 1.86 bits per heavy atom. The second kappa shape index (κ2) is 6.45. The number of hydrogen-bond donors (Lipinski definition) is 2. The van der Waals surface area contributed by atoms with Crippen molar-refractivity contribution in [2.24, 2.45) is 0 Å². The summed E-state index contributed by atoms with van der Waals surface area (Å²) in [7, 11) is 1.46. The van der Waals surface area contributed by atoms with Crippen LogP contribution in [0, 0.1) is 0 Å². The van der Waals surface area contributed by atoms with Gasteiger partial charge >= 0.3 is 0 Å². The molecule has 108 valence electrons. The van der Waals surface area contributed by atoms with Gasteiger partial charge in [-0.05, 0) is 54.1 Å². The van der Waals surface area contributed by atoms with Crippen molar-refractivity contribution in [1.82, 2.24) is 0 Å². The fourth-order valence-corrected chi connectivity index (χ4v) is 2.20. The molecule has 0 aliphatic rings. The molecule has 0 aliphatic heterocycles. The number of halogens is 1. The van der Waals surface area contributed by atoms with E-state index in [2.05, 4.69) is 15.9 Å². The third kappa shape index (κ3) is 3.64. The number of benzene rings is 2. The quantitative estimate of drug-likeness (QED) is 0.652. The molecule has 0 unspecified atom stereocenters. The first-order valence-electron chi connectivity index (χ1n) is 6.09. The van der Waals surface area contributed by atoms with Crippen molar-refractivity contribution in [1.29, 1.82) is 0 Å². The molecule has 2 aromatic carbocycles. The van der Waals surface area contributed by atoms with Crippen LogP contribution in [-0.4, -0.2) is 23.1 Å². The van der Waals surface area contributed by atoms with Crippen LogP contribution in [0.15, 0.2) is 46.9 Å². The number of phenols is 2. The zero-order valence-electron chi connectivity index (χ0n) is 11.2. The Kier molecular flexibility index (Phi) is 4.65. The van der Waals surface area contributed by atoms with Crippen LogP contribution in [0.5, 0.6) is 17.2 Å². The summed E-state index contributed by atoms with van der Waals surface area (Å²) in [5.74, 6) is 0.275. The minimum atomic E-state index is -0.186. The average Bonchev–Trinajstić information content (AvgIpc) is 2.47. The number of rotatable bonds is 4. The van der Waals surface area contributed by atoms with Crippen LogP contribution in [0.3, 0.4) is 0 Å². The summed E-state index contributed by atoms with van der Waals surface area (Å²) in [6.07, 6.45) is 3.05. The molecule has 21 heavy (non-hydrogen) atoms. The zero-order chi connectivity index (χ0) is 15.4. The van der Waals surface area contributed by atoms with Crippen LogP contribution < -0.4 is 4.74 Å². The maximum Gasteiger partial charge on any atom is 0.185 e. The highest BCUT2D eigenvalue weighted by Crippen LogP contribution is 2.33. The lowest BCUT2D eigenvalue weighted by atomic mass is 10.1. The van der Waals surface area contributed by atoms with Gasteiger partial charge in [0, 0.05) is 10.0 Å². The molecular weight excluding hydrogens is 336 g/mol. The van der Waals surface area contributed by atoms with Gasteiger partial charge < -0.3 is 14.9 Å². The molecule has 0 heterocycles. The number of carbonyl (C=O) groups excluding carboxylic acids is 1. The maximum absolute atomic E-state index is 12.0. The second-order valence-corrected chi connectivity index (χ2v) is 5.14. The predicted molar refractivity (Wildman–Crippen MR) is 83.8 cm³/mol. The van der Waals surface area contributed by atoms with E-state index in [0.717, 1.165) is 0 Å². The van der Waals surface area contributed by atoms with E-state index in [1.54, 1.807) is 24.3 Å². The van der Waals surface area contributed by atoms with Gasteiger partial charge in [0.1, 0.15) is 5.75 Å². The van der Waals surface area contributed by atoms with Crippen molar-refractivity contribution in [3.05, 3.63) is 58.1 Å². The Bertz CT molecular complexity index is 690. The highest BCUT2D eigenvalue weighted by atomic mass is 79.9. The molecule has 0 aliphatic carbocycles. The Labute approximate surface area is 130 Å². The molecule has 0 bridgehead atoms. The molecule has 5 heteroatoms. The number of carbonyl (C=O) groups is 1. The number of allylic oxidation sites excluding steroid dienone is 1. The van der Waals surface area contributed by atoms with Crippen molar-refractivity contribution in [3.8, 4) is 17.2 Å². The fourth-order valence-electron chi connectivity index (χ4n) is 1.74. The van der Waals surface area contributed by atoms with Gasteiger partial charge in [0.2, 0.25) is 0 Å². The molecule has 0 radical (unpaired) electrons. The van der Waals surface area contributed by atoms with E-state index >= 15 is 0 Å². The lowest BCUT2D eigenvalue weighted by Gasteiger charge is -2.06. The van der Waals surface area contributed by atoms with Crippen molar-refractivity contribution < 1.29 is 19.7 Å². The van der Waals surface area contributed by atoms with Gasteiger partial charge in [-0.15, -0.1) is 0 Å². The first-order valence-corrected chi connectivity index (χ1v) is 6.88. The molecule has 0 atom stereocenters. The molecule has 4 nitrogen and oxygen atoms in total. The monoisotopic (exact) mass is 348 g/mol. The standard InChI is InChI=1S/C16H13BrO4/c1-21-16-8-11(13(17)9-15(16)20)4-7-14(19)10-2-5-12(18)6-3-10/h2-9,18,20H,1H3. The first-order chi connectivity index (χ1) is 10.0. The normalized spacial score (nSPS) is 10.8. The Hall–Kier alpha value is -2.27. The summed E-state index contributed by atoms with van der Waals surface area (Å²) < 4.78 is 5.68. The van der Waals surface area contributed by atoms with Gasteiger partial charge in [-0.3, -0.25) is 4.79 Å². The molecule has 2 aromatic rings. The van der Waals surface area contributed by atoms with Gasteiger partial charge in [0.25, 0.3) is 0 Å². The Morgan fingerprint density at radius 1 is 1.19 bits per heavy atom. The summed E-state index contributed by atoms with van der Waals surface area (Å²) in [5, 5.41) is 18.8. The lowest BCUT2D eigenvalue weighted by molar-refractivity contribution is 0.104. The van der Waals surface area contributed by atoms with Crippen molar-refractivity contribution in [3.63, 3.8) is 0 Å². The minimum Gasteiger partial charge on any atom is -0.508 e. The number of aromatic hydroxyl groups is 2. The van der Waals surface area contributed by atoms with E-state index < -0.39 is 0 Å². The number of ketones is 1. The van der Waals surface area contributed by atoms with E-state index in [-0.39, 0.29) is 17.3 Å². The van der Waals surface area contributed by atoms with E-state index in [1.807, 2.05) is 0 Å². The first kappa shape index (κ1) is 15.1. The minimum absolute atomic E-state index is 0.0198. The molecule has 0 fully saturated rings. The second-order valence-electron chi connectivity index (χ2n) is 4.29. The maximum atomic E-state index is 12.0. The van der Waals surface area contributed by atoms with Gasteiger partial charge in [0.15, 0.2) is 17.3 Å². The number of ether oxygens (including phenoxy) is 1. The summed E-state index contributed by atoms with van der Waals surface area (Å²) in [6, 6.07) is 9.15. The molecule has 0 saturated heterocycles. The van der Waals surface area contributed by atoms with Gasteiger partial charge in [-0.2, -0.15) is 0 Å². The van der Waals surface area contributed by atoms with Crippen molar-refractivity contribution in [2.45, 2.75) is 0 Å². The third-order valence-corrected chi connectivity index (χ3v) is 3.55. The molecule has 0 aromatic heterocycles. The van der Waals surface area contributed by atoms with Crippen LogP contribution in [0.1, 0.15) is 15.9 Å². The van der Waals surface area contributed by atoms with E-state index in [0.29, 0.717) is 21.3 Å². The smallest absolute Gasteiger partial charge is 0.185 e. The molecule has 0 saturated carbocycles. The molecular formula is C16H13BrO4. The summed E-state index contributed by atoms with van der Waals surface area (Å²) >= 11 is 3.32. The average molecular weight is 349 g/mol. The van der Waals surface area contributed by atoms with E-state index in [1.165, 1.54) is 31.4 Å². The van der Waals surface area contributed by atoms with E-state index in [9.17, 15) is 15.0 Å². The molecule has 0 amide bonds. The molecule has 2 N–H and O–H groups in total. The fraction of sp³-hybridized carbons (Fsp3) is 0.0625. The van der Waals surface area contributed by atoms with Crippen LogP contribution in [0.4, 0.5) is 0 Å². The van der Waals surface area contributed by atoms with E-state index in [4.69, 9.17) is 4.74 Å². The topological polar surface area (TPSA) is 66.8 Å². The third-order valence-electron chi connectivity index (χ3n) is 2.86. The highest BCUT2D eigenvalue weighted by Gasteiger charge is 2.07. The van der Waals surface area contributed by atoms with Gasteiger partial charge in [-0.1, -0.05) is 15.9 Å². The largest absolute Gasteiger partial charge is 0.508 e. The van der Waals surface area contributed by atoms with Crippen LogP contribution in [0.25, 0.3) is 6.08 Å². The van der Waals surface area contributed by atoms with Crippen LogP contribution in [-0.2, 0) is 0 Å². The highest BCUT2D eigenvalue weighted by molar-refractivity contribution is 9.10. The predicted octanol–water partition coefficient (Wildman–Crippen LogP) is 3.77. The number of phenolic OH excluding ortho intramolecular Hbond substituents is 2. The summed E-state index contributed by atoms with van der Waals surface area (Å²) in [5.41, 5.74) is 1.18. The van der Waals surface area contributed by atoms with Gasteiger partial charge in [-0.25, -0.2) is 0 Å². The van der Waals surface area contributed by atoms with Gasteiger partial charge in [0.05, 0.1) is 7.11 Å². The summed E-state index contributed by atoms with van der Waals surface area (Å²) in [6.45, 7) is 0. The molecule has 0 spiro atoms. The SMILES string of the molecule is COc1cc(C=CC(=O)c2ccc(O)cc2)c(Br)cc1O. The van der Waals surface area contributed by atoms with Crippen LogP contribution >= 0.6 is 15.9 Å². The molecule has 2 rings (SSSR count). The van der Waals surface area contributed by atoms with Crippen LogP contribution in [0.2, 0.25) is 0 Å². The van der Waals surface area contributed by atoms with Crippen molar-refractivity contribution in [2.75, 3.05) is 7.11 Å². The lowest BCUT2D eigenvalue weighted by Crippen LogP contribution is -1.93. The number of hydrogen-bond acceptors (Lipinski definition) is 4.